The summed E-state index contributed by atoms with van der Waals surface area (Å²) in [6.45, 7) is 10.3. The van der Waals surface area contributed by atoms with Crippen LogP contribution < -0.4 is 14.4 Å². The highest BCUT2D eigenvalue weighted by Crippen LogP contribution is 2.32. The first kappa shape index (κ1) is 23.7. The molecule has 7 heteroatoms. The van der Waals surface area contributed by atoms with Gasteiger partial charge in [0.05, 0.1) is 25.1 Å². The Balaban J connectivity index is 2.23. The number of aryl methyl sites for hydroxylation is 1. The number of methoxy groups -OCH3 is 1. The van der Waals surface area contributed by atoms with E-state index >= 15 is 0 Å². The first-order valence-corrected chi connectivity index (χ1v) is 11.9. The molecule has 6 nitrogen and oxygen atoms in total. The average Bonchev–Trinajstić information content (AvgIpc) is 2.67. The van der Waals surface area contributed by atoms with Gasteiger partial charge in [-0.05, 0) is 79.8 Å². The number of hydrogen-bond donors (Lipinski definition) is 1. The topological polar surface area (TPSA) is 75.7 Å². The van der Waals surface area contributed by atoms with E-state index in [1.54, 1.807) is 38.3 Å². The molecule has 164 valence electrons. The molecule has 0 aliphatic heterocycles. The number of rotatable bonds is 8. The number of carbonyl (C=O) groups is 1. The van der Waals surface area contributed by atoms with Crippen LogP contribution in [0.5, 0.6) is 5.75 Å². The summed E-state index contributed by atoms with van der Waals surface area (Å²) in [6.07, 6.45) is 1.17. The van der Waals surface area contributed by atoms with E-state index in [9.17, 15) is 13.2 Å². The maximum atomic E-state index is 12.8. The number of amides is 1. The zero-order valence-electron chi connectivity index (χ0n) is 18.8. The molecule has 1 unspecified atom stereocenters. The fourth-order valence-electron chi connectivity index (χ4n) is 3.56. The molecule has 2 rings (SSSR count). The van der Waals surface area contributed by atoms with Gasteiger partial charge in [0, 0.05) is 12.1 Å². The monoisotopic (exact) mass is 432 g/mol. The van der Waals surface area contributed by atoms with E-state index in [0.29, 0.717) is 23.7 Å². The highest BCUT2D eigenvalue weighted by molar-refractivity contribution is 7.92. The zero-order chi connectivity index (χ0) is 22.6. The molecule has 0 saturated heterocycles. The van der Waals surface area contributed by atoms with Gasteiger partial charge in [-0.1, -0.05) is 13.8 Å². The van der Waals surface area contributed by atoms with E-state index in [1.165, 1.54) is 10.6 Å². The Bertz CT molecular complexity index is 999. The zero-order valence-corrected chi connectivity index (χ0v) is 19.6. The summed E-state index contributed by atoms with van der Waals surface area (Å²) in [7, 11) is -1.69. The van der Waals surface area contributed by atoms with E-state index in [1.807, 2.05) is 19.9 Å². The van der Waals surface area contributed by atoms with E-state index < -0.39 is 10.0 Å². The highest BCUT2D eigenvalue weighted by Gasteiger charge is 2.19. The fourth-order valence-corrected chi connectivity index (χ4v) is 4.53. The van der Waals surface area contributed by atoms with Gasteiger partial charge in [-0.2, -0.15) is 0 Å². The predicted molar refractivity (Wildman–Crippen MR) is 122 cm³/mol. The van der Waals surface area contributed by atoms with Crippen LogP contribution in [-0.4, -0.2) is 34.2 Å². The first-order valence-electron chi connectivity index (χ1n) is 10.1. The Hall–Kier alpha value is -2.54. The molecule has 0 aliphatic carbocycles. The van der Waals surface area contributed by atoms with Gasteiger partial charge in [-0.15, -0.1) is 0 Å². The minimum Gasteiger partial charge on any atom is -0.496 e. The summed E-state index contributed by atoms with van der Waals surface area (Å²) >= 11 is 0. The van der Waals surface area contributed by atoms with E-state index in [0.717, 1.165) is 22.4 Å². The van der Waals surface area contributed by atoms with Gasteiger partial charge in [0.15, 0.2) is 0 Å². The summed E-state index contributed by atoms with van der Waals surface area (Å²) in [4.78, 5) is 12.8. The second-order valence-corrected chi connectivity index (χ2v) is 9.68. The molecule has 0 bridgehead atoms. The van der Waals surface area contributed by atoms with Crippen molar-refractivity contribution >= 4 is 21.6 Å². The number of nitrogens with one attached hydrogen (secondary N) is 1. The number of nitrogens with zero attached hydrogens (tertiary/aromatic N) is 1. The molecule has 0 aromatic heterocycles. The minimum absolute atomic E-state index is 0.191. The Labute approximate surface area is 180 Å². The molecule has 1 N–H and O–H groups in total. The summed E-state index contributed by atoms with van der Waals surface area (Å²) in [5.74, 6) is 0.940. The quantitative estimate of drug-likeness (QED) is 0.671. The molecule has 0 fully saturated rings. The van der Waals surface area contributed by atoms with Crippen molar-refractivity contribution in [3.8, 4) is 5.75 Å². The number of benzene rings is 2. The lowest BCUT2D eigenvalue weighted by Gasteiger charge is -2.22. The van der Waals surface area contributed by atoms with Crippen molar-refractivity contribution in [2.24, 2.45) is 0 Å². The molecule has 2 aromatic rings. The van der Waals surface area contributed by atoms with Gasteiger partial charge in [0.1, 0.15) is 5.75 Å². The molecule has 0 saturated carbocycles. The lowest BCUT2D eigenvalue weighted by atomic mass is 9.93. The molecule has 1 atom stereocenters. The lowest BCUT2D eigenvalue weighted by Crippen LogP contribution is -2.30. The lowest BCUT2D eigenvalue weighted by molar-refractivity contribution is 0.0940. The number of anilines is 1. The van der Waals surface area contributed by atoms with Crippen molar-refractivity contribution in [3.05, 3.63) is 58.7 Å². The Kier molecular flexibility index (Phi) is 7.53. The van der Waals surface area contributed by atoms with Crippen LogP contribution in [-0.2, 0) is 10.0 Å². The van der Waals surface area contributed by atoms with Crippen LogP contribution in [0.2, 0.25) is 0 Å². The van der Waals surface area contributed by atoms with Crippen LogP contribution >= 0.6 is 0 Å². The van der Waals surface area contributed by atoms with Gasteiger partial charge >= 0.3 is 0 Å². The maximum absolute atomic E-state index is 12.8. The second kappa shape index (κ2) is 9.51. The third-order valence-corrected chi connectivity index (χ3v) is 6.43. The molecule has 1 amide bonds. The Morgan fingerprint density at radius 2 is 1.70 bits per heavy atom. The molecule has 30 heavy (non-hydrogen) atoms. The summed E-state index contributed by atoms with van der Waals surface area (Å²) in [5.41, 5.74) is 4.21. The molecular weight excluding hydrogens is 400 g/mol. The van der Waals surface area contributed by atoms with Crippen LogP contribution in [0, 0.1) is 6.92 Å². The Morgan fingerprint density at radius 3 is 2.17 bits per heavy atom. The number of hydrogen-bond acceptors (Lipinski definition) is 4. The van der Waals surface area contributed by atoms with Crippen LogP contribution in [0.15, 0.2) is 36.4 Å². The van der Waals surface area contributed by atoms with Crippen molar-refractivity contribution in [2.75, 3.05) is 24.2 Å². The summed E-state index contributed by atoms with van der Waals surface area (Å²) < 4.78 is 30.5. The standard InChI is InChI=1S/C23H32N2O4S/c1-8-25(30(7,27)28)19-11-9-18(10-12-19)23(26)24-17(5)21-14-20(15(2)3)22(29-6)13-16(21)4/h9-15,17H,8H2,1-7H3,(H,24,26). The van der Waals surface area contributed by atoms with Gasteiger partial charge in [-0.3, -0.25) is 9.10 Å². The van der Waals surface area contributed by atoms with Gasteiger partial charge in [0.25, 0.3) is 5.91 Å². The fraction of sp³-hybridized carbons (Fsp3) is 0.435. The van der Waals surface area contributed by atoms with Gasteiger partial charge in [0.2, 0.25) is 10.0 Å². The van der Waals surface area contributed by atoms with E-state index in [2.05, 4.69) is 25.2 Å². The maximum Gasteiger partial charge on any atom is 0.251 e. The van der Waals surface area contributed by atoms with Crippen LogP contribution in [0.1, 0.15) is 66.7 Å². The molecule has 0 aliphatic rings. The van der Waals surface area contributed by atoms with Crippen molar-refractivity contribution in [1.29, 1.82) is 0 Å². The first-order chi connectivity index (χ1) is 14.0. The summed E-state index contributed by atoms with van der Waals surface area (Å²) in [5, 5.41) is 3.04. The van der Waals surface area contributed by atoms with E-state index in [-0.39, 0.29) is 11.9 Å². The van der Waals surface area contributed by atoms with Crippen molar-refractivity contribution in [3.63, 3.8) is 0 Å². The number of sulfonamides is 1. The molecule has 0 radical (unpaired) electrons. The number of ether oxygens (including phenoxy) is 1. The number of carbonyl (C=O) groups excluding carboxylic acids is 1. The van der Waals surface area contributed by atoms with Crippen LogP contribution in [0.4, 0.5) is 5.69 Å². The highest BCUT2D eigenvalue weighted by atomic mass is 32.2. The molecular formula is C23H32N2O4S. The SMILES string of the molecule is CCN(c1ccc(C(=O)NC(C)c2cc(C(C)C)c(OC)cc2C)cc1)S(C)(=O)=O. The van der Waals surface area contributed by atoms with Gasteiger partial charge < -0.3 is 10.1 Å². The van der Waals surface area contributed by atoms with E-state index in [4.69, 9.17) is 4.74 Å². The molecule has 0 heterocycles. The largest absolute Gasteiger partial charge is 0.496 e. The third-order valence-electron chi connectivity index (χ3n) is 5.16. The molecule has 2 aromatic carbocycles. The predicted octanol–water partition coefficient (Wildman–Crippen LogP) is 4.40. The third kappa shape index (κ3) is 5.33. The van der Waals surface area contributed by atoms with Crippen molar-refractivity contribution in [2.45, 2.75) is 46.6 Å². The minimum atomic E-state index is -3.36. The Morgan fingerprint density at radius 1 is 1.10 bits per heavy atom. The van der Waals surface area contributed by atoms with Crippen molar-refractivity contribution < 1.29 is 17.9 Å². The normalized spacial score (nSPS) is 12.5. The van der Waals surface area contributed by atoms with Crippen molar-refractivity contribution in [1.82, 2.24) is 5.32 Å². The smallest absolute Gasteiger partial charge is 0.251 e. The van der Waals surface area contributed by atoms with Crippen LogP contribution in [0.25, 0.3) is 0 Å². The van der Waals surface area contributed by atoms with Crippen LogP contribution in [0.3, 0.4) is 0 Å². The van der Waals surface area contributed by atoms with Gasteiger partial charge in [-0.25, -0.2) is 8.42 Å². The second-order valence-electron chi connectivity index (χ2n) is 7.78. The molecule has 0 spiro atoms. The average molecular weight is 433 g/mol. The summed E-state index contributed by atoms with van der Waals surface area (Å²) in [6, 6.07) is 10.5.